The number of aromatic hydroxyl groups is 1. The van der Waals surface area contributed by atoms with Gasteiger partial charge < -0.3 is 10.2 Å². The average molecular weight is 230 g/mol. The lowest BCUT2D eigenvalue weighted by atomic mass is 10.2. The average Bonchev–Trinajstić information content (AvgIpc) is 2.29. The molecule has 1 heterocycles. The Labute approximate surface area is 97.4 Å². The van der Waals surface area contributed by atoms with Crippen LogP contribution in [0.1, 0.15) is 5.56 Å². The van der Waals surface area contributed by atoms with E-state index in [1.54, 1.807) is 24.3 Å². The van der Waals surface area contributed by atoms with Crippen molar-refractivity contribution in [2.75, 3.05) is 0 Å². The number of carboxylic acids is 1. The lowest BCUT2D eigenvalue weighted by molar-refractivity contribution is -0.136. The molecule has 0 aliphatic carbocycles. The first kappa shape index (κ1) is 11.1. The molecule has 2 aromatic rings. The van der Waals surface area contributed by atoms with Gasteiger partial charge >= 0.3 is 5.97 Å². The van der Waals surface area contributed by atoms with E-state index in [0.29, 0.717) is 17.0 Å². The molecule has 2 rings (SSSR count). The number of rotatable bonds is 3. The van der Waals surface area contributed by atoms with Crippen LogP contribution in [-0.4, -0.2) is 26.2 Å². The van der Waals surface area contributed by atoms with Crippen LogP contribution in [-0.2, 0) is 11.2 Å². The van der Waals surface area contributed by atoms with Crippen LogP contribution in [0, 0.1) is 0 Å². The summed E-state index contributed by atoms with van der Waals surface area (Å²) in [5.74, 6) is -0.325. The molecule has 0 radical (unpaired) electrons. The van der Waals surface area contributed by atoms with E-state index in [1.165, 1.54) is 12.4 Å². The fourth-order valence-corrected chi connectivity index (χ4v) is 1.41. The molecule has 0 fully saturated rings. The number of benzene rings is 1. The molecule has 2 N–H and O–H groups in total. The van der Waals surface area contributed by atoms with Crippen LogP contribution in [0.15, 0.2) is 36.7 Å². The topological polar surface area (TPSA) is 83.3 Å². The van der Waals surface area contributed by atoms with Gasteiger partial charge in [0.15, 0.2) is 5.82 Å². The first-order chi connectivity index (χ1) is 8.15. The Bertz CT molecular complexity index is 538. The maximum Gasteiger partial charge on any atom is 0.307 e. The third-order valence-corrected chi connectivity index (χ3v) is 2.17. The molecule has 0 aliphatic heterocycles. The monoisotopic (exact) mass is 230 g/mol. The fourth-order valence-electron chi connectivity index (χ4n) is 1.41. The van der Waals surface area contributed by atoms with E-state index in [2.05, 4.69) is 9.97 Å². The van der Waals surface area contributed by atoms with Gasteiger partial charge in [-0.3, -0.25) is 4.79 Å². The zero-order valence-electron chi connectivity index (χ0n) is 8.87. The van der Waals surface area contributed by atoms with Crippen LogP contribution in [0.3, 0.4) is 0 Å². The lowest BCUT2D eigenvalue weighted by Gasteiger charge is -2.01. The number of aromatic nitrogens is 2. The van der Waals surface area contributed by atoms with Crippen molar-refractivity contribution < 1.29 is 15.0 Å². The number of carboxylic acid groups (broad SMARTS) is 1. The number of phenols is 1. The number of hydrogen-bond donors (Lipinski definition) is 2. The number of phenolic OH excluding ortho intramolecular Hbond substituents is 1. The van der Waals surface area contributed by atoms with Crippen molar-refractivity contribution in [3.05, 3.63) is 42.2 Å². The summed E-state index contributed by atoms with van der Waals surface area (Å²) in [6.45, 7) is 0. The van der Waals surface area contributed by atoms with E-state index in [0.717, 1.165) is 0 Å². The van der Waals surface area contributed by atoms with Crippen LogP contribution in [0.25, 0.3) is 11.4 Å². The Morgan fingerprint density at radius 3 is 2.53 bits per heavy atom. The van der Waals surface area contributed by atoms with Gasteiger partial charge in [-0.25, -0.2) is 9.97 Å². The van der Waals surface area contributed by atoms with E-state index >= 15 is 0 Å². The summed E-state index contributed by atoms with van der Waals surface area (Å²) < 4.78 is 0. The summed E-state index contributed by atoms with van der Waals surface area (Å²) in [4.78, 5) is 18.6. The SMILES string of the molecule is O=C(O)Cc1cnc(-c2cccc(O)c2)nc1. The highest BCUT2D eigenvalue weighted by atomic mass is 16.4. The fraction of sp³-hybridized carbons (Fsp3) is 0.0833. The van der Waals surface area contributed by atoms with Gasteiger partial charge in [-0.1, -0.05) is 12.1 Å². The molecule has 0 unspecified atom stereocenters. The van der Waals surface area contributed by atoms with Crippen LogP contribution in [0.5, 0.6) is 5.75 Å². The molecule has 0 aliphatic rings. The Morgan fingerprint density at radius 1 is 1.24 bits per heavy atom. The van der Waals surface area contributed by atoms with Crippen LogP contribution in [0.2, 0.25) is 0 Å². The molecule has 0 spiro atoms. The summed E-state index contributed by atoms with van der Waals surface area (Å²) >= 11 is 0. The second-order valence-corrected chi connectivity index (χ2v) is 3.54. The summed E-state index contributed by atoms with van der Waals surface area (Å²) in [5.41, 5.74) is 1.23. The molecule has 0 amide bonds. The smallest absolute Gasteiger partial charge is 0.307 e. The van der Waals surface area contributed by atoms with Crippen LogP contribution >= 0.6 is 0 Å². The van der Waals surface area contributed by atoms with Crippen molar-refractivity contribution in [2.24, 2.45) is 0 Å². The molecule has 1 aromatic carbocycles. The second-order valence-electron chi connectivity index (χ2n) is 3.54. The number of carbonyl (C=O) groups is 1. The third kappa shape index (κ3) is 2.78. The van der Waals surface area contributed by atoms with E-state index < -0.39 is 5.97 Å². The molecule has 0 saturated heterocycles. The molecule has 1 aromatic heterocycles. The molecular weight excluding hydrogens is 220 g/mol. The second kappa shape index (κ2) is 4.61. The summed E-state index contributed by atoms with van der Waals surface area (Å²) in [6, 6.07) is 6.57. The van der Waals surface area contributed by atoms with Crippen molar-refractivity contribution in [1.82, 2.24) is 9.97 Å². The highest BCUT2D eigenvalue weighted by Gasteiger charge is 2.04. The van der Waals surface area contributed by atoms with Gasteiger partial charge in [0.05, 0.1) is 6.42 Å². The molecular formula is C12H10N2O3. The number of aliphatic carboxylic acids is 1. The maximum atomic E-state index is 10.5. The van der Waals surface area contributed by atoms with Crippen molar-refractivity contribution in [1.29, 1.82) is 0 Å². The number of hydrogen-bond acceptors (Lipinski definition) is 4. The molecule has 86 valence electrons. The highest BCUT2D eigenvalue weighted by molar-refractivity contribution is 5.70. The van der Waals surface area contributed by atoms with E-state index in [9.17, 15) is 9.90 Å². The standard InChI is InChI=1S/C12H10N2O3/c15-10-3-1-2-9(5-10)12-13-6-8(7-14-12)4-11(16)17/h1-3,5-7,15H,4H2,(H,16,17). The number of nitrogens with zero attached hydrogens (tertiary/aromatic N) is 2. The molecule has 0 atom stereocenters. The Kier molecular flexibility index (Phi) is 3.00. The van der Waals surface area contributed by atoms with Gasteiger partial charge in [0, 0.05) is 18.0 Å². The third-order valence-electron chi connectivity index (χ3n) is 2.17. The minimum absolute atomic E-state index is 0.0969. The molecule has 5 nitrogen and oxygen atoms in total. The molecule has 5 heteroatoms. The van der Waals surface area contributed by atoms with Crippen LogP contribution < -0.4 is 0 Å². The van der Waals surface area contributed by atoms with Gasteiger partial charge in [0.25, 0.3) is 0 Å². The van der Waals surface area contributed by atoms with E-state index in [4.69, 9.17) is 5.11 Å². The van der Waals surface area contributed by atoms with E-state index in [-0.39, 0.29) is 12.2 Å². The van der Waals surface area contributed by atoms with Crippen molar-refractivity contribution in [3.8, 4) is 17.1 Å². The predicted octanol–water partition coefficient (Wildman–Crippen LogP) is 1.48. The molecule has 17 heavy (non-hydrogen) atoms. The van der Waals surface area contributed by atoms with Crippen molar-refractivity contribution in [3.63, 3.8) is 0 Å². The predicted molar refractivity (Wildman–Crippen MR) is 60.5 cm³/mol. The quantitative estimate of drug-likeness (QED) is 0.834. The van der Waals surface area contributed by atoms with E-state index in [1.807, 2.05) is 0 Å². The van der Waals surface area contributed by atoms with Gasteiger partial charge in [0.2, 0.25) is 0 Å². The largest absolute Gasteiger partial charge is 0.508 e. The molecule has 0 bridgehead atoms. The minimum atomic E-state index is -0.918. The summed E-state index contributed by atoms with van der Waals surface area (Å²) in [5, 5.41) is 17.9. The van der Waals surface area contributed by atoms with Gasteiger partial charge in [-0.15, -0.1) is 0 Å². The first-order valence-corrected chi connectivity index (χ1v) is 4.97. The highest BCUT2D eigenvalue weighted by Crippen LogP contribution is 2.19. The van der Waals surface area contributed by atoms with Crippen molar-refractivity contribution >= 4 is 5.97 Å². The maximum absolute atomic E-state index is 10.5. The summed E-state index contributed by atoms with van der Waals surface area (Å²) in [7, 11) is 0. The molecule has 0 saturated carbocycles. The van der Waals surface area contributed by atoms with Crippen molar-refractivity contribution in [2.45, 2.75) is 6.42 Å². The summed E-state index contributed by atoms with van der Waals surface area (Å²) in [6.07, 6.45) is 2.85. The van der Waals surface area contributed by atoms with Crippen LogP contribution in [0.4, 0.5) is 0 Å². The Morgan fingerprint density at radius 2 is 1.94 bits per heavy atom. The van der Waals surface area contributed by atoms with Gasteiger partial charge in [0.1, 0.15) is 5.75 Å². The lowest BCUT2D eigenvalue weighted by Crippen LogP contribution is -2.01. The normalized spacial score (nSPS) is 10.1. The first-order valence-electron chi connectivity index (χ1n) is 4.97. The zero-order valence-corrected chi connectivity index (χ0v) is 8.87. The Hall–Kier alpha value is -2.43. The van der Waals surface area contributed by atoms with Gasteiger partial charge in [-0.05, 0) is 17.7 Å². The minimum Gasteiger partial charge on any atom is -0.508 e. The Balaban J connectivity index is 2.26. The zero-order chi connectivity index (χ0) is 12.3. The van der Waals surface area contributed by atoms with Gasteiger partial charge in [-0.2, -0.15) is 0 Å².